The van der Waals surface area contributed by atoms with Gasteiger partial charge in [0.05, 0.1) is 11.2 Å². The standard InChI is InChI=1S/C20H25N7O/c1-13(2)27-12-15-10-16(5-6-18(15)25-27)23-20(28)26-9-3-4-14(11-26)17-7-8-22-19(21)24-17/h5-8,10,12-14H,3-4,9,11H2,1-2H3,(H,23,28)(H2,21,22,24). The summed E-state index contributed by atoms with van der Waals surface area (Å²) in [5.74, 6) is 0.450. The number of nitrogens with two attached hydrogens (primary N) is 1. The van der Waals surface area contributed by atoms with Gasteiger partial charge in [-0.15, -0.1) is 0 Å². The van der Waals surface area contributed by atoms with Crippen LogP contribution in [-0.4, -0.2) is 43.8 Å². The van der Waals surface area contributed by atoms with E-state index in [0.29, 0.717) is 12.6 Å². The fourth-order valence-corrected chi connectivity index (χ4v) is 3.61. The number of fused-ring (bicyclic) bond motifs is 1. The molecule has 3 heterocycles. The molecular formula is C20H25N7O. The molecule has 1 saturated heterocycles. The van der Waals surface area contributed by atoms with Gasteiger partial charge in [-0.05, 0) is 51.0 Å². The van der Waals surface area contributed by atoms with E-state index in [1.807, 2.05) is 40.0 Å². The van der Waals surface area contributed by atoms with Crippen LogP contribution in [0.4, 0.5) is 16.4 Å². The molecule has 2 aromatic heterocycles. The van der Waals surface area contributed by atoms with Gasteiger partial charge in [0.2, 0.25) is 5.95 Å². The van der Waals surface area contributed by atoms with Gasteiger partial charge in [0.1, 0.15) is 0 Å². The predicted octanol–water partition coefficient (Wildman–Crippen LogP) is 3.40. The first-order valence-corrected chi connectivity index (χ1v) is 9.63. The van der Waals surface area contributed by atoms with Crippen LogP contribution in [0.25, 0.3) is 10.9 Å². The molecule has 8 heteroatoms. The highest BCUT2D eigenvalue weighted by atomic mass is 16.2. The summed E-state index contributed by atoms with van der Waals surface area (Å²) in [6, 6.07) is 7.87. The summed E-state index contributed by atoms with van der Waals surface area (Å²) in [6.45, 7) is 5.53. The summed E-state index contributed by atoms with van der Waals surface area (Å²) in [4.78, 5) is 22.9. The van der Waals surface area contributed by atoms with Gasteiger partial charge in [-0.25, -0.2) is 14.8 Å². The minimum Gasteiger partial charge on any atom is -0.368 e. The molecule has 1 fully saturated rings. The molecule has 4 rings (SSSR count). The number of nitrogens with zero attached hydrogens (tertiary/aromatic N) is 5. The van der Waals surface area contributed by atoms with E-state index >= 15 is 0 Å². The Labute approximate surface area is 163 Å². The van der Waals surface area contributed by atoms with Crippen LogP contribution in [-0.2, 0) is 0 Å². The summed E-state index contributed by atoms with van der Waals surface area (Å²) in [7, 11) is 0. The van der Waals surface area contributed by atoms with E-state index in [1.54, 1.807) is 6.20 Å². The number of aromatic nitrogens is 4. The lowest BCUT2D eigenvalue weighted by Gasteiger charge is -2.32. The molecule has 0 saturated carbocycles. The van der Waals surface area contributed by atoms with Crippen LogP contribution in [0.5, 0.6) is 0 Å². The van der Waals surface area contributed by atoms with E-state index in [4.69, 9.17) is 5.73 Å². The molecule has 28 heavy (non-hydrogen) atoms. The number of likely N-dealkylation sites (tertiary alicyclic amines) is 1. The van der Waals surface area contributed by atoms with Crippen molar-refractivity contribution in [2.45, 2.75) is 38.6 Å². The van der Waals surface area contributed by atoms with Crippen molar-refractivity contribution in [3.05, 3.63) is 42.4 Å². The van der Waals surface area contributed by atoms with Crippen LogP contribution in [0.3, 0.4) is 0 Å². The number of anilines is 2. The van der Waals surface area contributed by atoms with Crippen molar-refractivity contribution in [3.8, 4) is 0 Å². The fraction of sp³-hybridized carbons (Fsp3) is 0.400. The second-order valence-corrected chi connectivity index (χ2v) is 7.53. The van der Waals surface area contributed by atoms with E-state index in [0.717, 1.165) is 41.7 Å². The van der Waals surface area contributed by atoms with Crippen LogP contribution in [0.2, 0.25) is 0 Å². The third-order valence-corrected chi connectivity index (χ3v) is 5.13. The van der Waals surface area contributed by atoms with Gasteiger partial charge in [0.25, 0.3) is 0 Å². The molecule has 1 aliphatic rings. The maximum absolute atomic E-state index is 12.8. The molecular weight excluding hydrogens is 354 g/mol. The van der Waals surface area contributed by atoms with Crippen LogP contribution in [0.15, 0.2) is 36.7 Å². The van der Waals surface area contributed by atoms with Gasteiger partial charge >= 0.3 is 6.03 Å². The Bertz CT molecular complexity index is 997. The molecule has 0 aliphatic carbocycles. The monoisotopic (exact) mass is 379 g/mol. The number of benzene rings is 1. The maximum Gasteiger partial charge on any atom is 0.321 e. The number of urea groups is 1. The van der Waals surface area contributed by atoms with Gasteiger partial charge in [-0.2, -0.15) is 5.10 Å². The van der Waals surface area contributed by atoms with Crippen molar-refractivity contribution in [1.82, 2.24) is 24.6 Å². The Morgan fingerprint density at radius 3 is 2.96 bits per heavy atom. The first kappa shape index (κ1) is 18.2. The van der Waals surface area contributed by atoms with E-state index in [1.165, 1.54) is 0 Å². The number of carbonyl (C=O) groups excluding carboxylic acids is 1. The number of nitrogens with one attached hydrogen (secondary N) is 1. The summed E-state index contributed by atoms with van der Waals surface area (Å²) < 4.78 is 1.93. The van der Waals surface area contributed by atoms with Crippen molar-refractivity contribution in [1.29, 1.82) is 0 Å². The molecule has 8 nitrogen and oxygen atoms in total. The third kappa shape index (κ3) is 3.76. The molecule has 1 unspecified atom stereocenters. The summed E-state index contributed by atoms with van der Waals surface area (Å²) in [5.41, 5.74) is 8.30. The van der Waals surface area contributed by atoms with E-state index in [9.17, 15) is 4.79 Å². The zero-order valence-electron chi connectivity index (χ0n) is 16.2. The molecule has 3 aromatic rings. The van der Waals surface area contributed by atoms with Crippen molar-refractivity contribution in [2.24, 2.45) is 0 Å². The van der Waals surface area contributed by atoms with Crippen LogP contribution < -0.4 is 11.1 Å². The predicted molar refractivity (Wildman–Crippen MR) is 109 cm³/mol. The normalized spacial score (nSPS) is 17.2. The molecule has 1 atom stereocenters. The summed E-state index contributed by atoms with van der Waals surface area (Å²) in [5, 5.41) is 8.58. The first-order valence-electron chi connectivity index (χ1n) is 9.63. The van der Waals surface area contributed by atoms with Crippen LogP contribution in [0, 0.1) is 0 Å². The lowest BCUT2D eigenvalue weighted by molar-refractivity contribution is 0.192. The average Bonchev–Trinajstić information content (AvgIpc) is 3.12. The van der Waals surface area contributed by atoms with Crippen molar-refractivity contribution < 1.29 is 4.79 Å². The van der Waals surface area contributed by atoms with Crippen molar-refractivity contribution >= 4 is 28.6 Å². The quantitative estimate of drug-likeness (QED) is 0.726. The Kier molecular flexibility index (Phi) is 4.85. The van der Waals surface area contributed by atoms with Gasteiger partial charge in [-0.3, -0.25) is 4.68 Å². The molecule has 0 radical (unpaired) electrons. The SMILES string of the molecule is CC(C)n1cc2cc(NC(=O)N3CCCC(c4ccnc(N)n4)C3)ccc2n1. The lowest BCUT2D eigenvalue weighted by atomic mass is 9.95. The van der Waals surface area contributed by atoms with Gasteiger partial charge in [-0.1, -0.05) is 0 Å². The number of rotatable bonds is 3. The molecule has 0 bridgehead atoms. The van der Waals surface area contributed by atoms with Gasteiger partial charge in [0, 0.05) is 48.5 Å². The lowest BCUT2D eigenvalue weighted by Crippen LogP contribution is -2.41. The number of amides is 2. The second kappa shape index (κ2) is 7.46. The highest BCUT2D eigenvalue weighted by Gasteiger charge is 2.26. The smallest absolute Gasteiger partial charge is 0.321 e. The molecule has 2 amide bonds. The fourth-order valence-electron chi connectivity index (χ4n) is 3.61. The van der Waals surface area contributed by atoms with Crippen LogP contribution in [0.1, 0.15) is 44.3 Å². The summed E-state index contributed by atoms with van der Waals surface area (Å²) >= 11 is 0. The van der Waals surface area contributed by atoms with Crippen molar-refractivity contribution in [2.75, 3.05) is 24.1 Å². The highest BCUT2D eigenvalue weighted by Crippen LogP contribution is 2.26. The zero-order chi connectivity index (χ0) is 19.7. The van der Waals surface area contributed by atoms with Gasteiger partial charge < -0.3 is 16.0 Å². The third-order valence-electron chi connectivity index (χ3n) is 5.13. The minimum atomic E-state index is -0.0951. The Morgan fingerprint density at radius 1 is 1.32 bits per heavy atom. The average molecular weight is 379 g/mol. The zero-order valence-corrected chi connectivity index (χ0v) is 16.2. The number of carbonyl (C=O) groups is 1. The second-order valence-electron chi connectivity index (χ2n) is 7.53. The molecule has 146 valence electrons. The number of hydrogen-bond acceptors (Lipinski definition) is 5. The highest BCUT2D eigenvalue weighted by molar-refractivity contribution is 5.92. The number of nitrogen functional groups attached to an aromatic ring is 1. The molecule has 1 aromatic carbocycles. The van der Waals surface area contributed by atoms with E-state index in [2.05, 4.69) is 34.2 Å². The molecule has 0 spiro atoms. The number of piperidine rings is 1. The van der Waals surface area contributed by atoms with Crippen molar-refractivity contribution in [3.63, 3.8) is 0 Å². The Hall–Kier alpha value is -3.16. The largest absolute Gasteiger partial charge is 0.368 e. The number of hydrogen-bond donors (Lipinski definition) is 2. The molecule has 3 N–H and O–H groups in total. The topological polar surface area (TPSA) is 102 Å². The summed E-state index contributed by atoms with van der Waals surface area (Å²) in [6.07, 6.45) is 5.60. The minimum absolute atomic E-state index is 0.0951. The Morgan fingerprint density at radius 2 is 2.18 bits per heavy atom. The van der Waals surface area contributed by atoms with Gasteiger partial charge in [0.15, 0.2) is 0 Å². The Balaban J connectivity index is 1.46. The maximum atomic E-state index is 12.8. The van der Waals surface area contributed by atoms with Crippen LogP contribution >= 0.6 is 0 Å². The first-order chi connectivity index (χ1) is 13.5. The molecule has 1 aliphatic heterocycles. The van der Waals surface area contributed by atoms with E-state index in [-0.39, 0.29) is 17.9 Å². The van der Waals surface area contributed by atoms with E-state index < -0.39 is 0 Å².